The highest BCUT2D eigenvalue weighted by molar-refractivity contribution is 9.10. The fourth-order valence-electron chi connectivity index (χ4n) is 2.50. The molecule has 2 aromatic rings. The van der Waals surface area contributed by atoms with Crippen molar-refractivity contribution in [1.82, 2.24) is 10.6 Å². The third kappa shape index (κ3) is 7.31. The zero-order valence-electron chi connectivity index (χ0n) is 15.6. The zero-order chi connectivity index (χ0) is 19.6. The molecule has 148 valence electrons. The normalized spacial score (nSPS) is 12.0. The first-order chi connectivity index (χ1) is 13.0. The maximum absolute atomic E-state index is 9.21. The van der Waals surface area contributed by atoms with Crippen LogP contribution in [0.1, 0.15) is 18.1 Å². The van der Waals surface area contributed by atoms with E-state index >= 15 is 0 Å². The lowest BCUT2D eigenvalue weighted by Crippen LogP contribution is -2.31. The monoisotopic (exact) mass is 456 g/mol. The van der Waals surface area contributed by atoms with Gasteiger partial charge in [0.25, 0.3) is 0 Å². The van der Waals surface area contributed by atoms with E-state index in [9.17, 15) is 5.11 Å². The average Bonchev–Trinajstić information content (AvgIpc) is 2.64. The van der Waals surface area contributed by atoms with Crippen LogP contribution in [0, 0.1) is 0 Å². The molecule has 0 amide bonds. The van der Waals surface area contributed by atoms with E-state index in [0.717, 1.165) is 28.7 Å². The highest BCUT2D eigenvalue weighted by atomic mass is 79.9. The van der Waals surface area contributed by atoms with E-state index in [4.69, 9.17) is 21.1 Å². The van der Waals surface area contributed by atoms with Gasteiger partial charge in [-0.05, 0) is 46.6 Å². The third-order valence-electron chi connectivity index (χ3n) is 3.87. The highest BCUT2D eigenvalue weighted by Crippen LogP contribution is 2.37. The van der Waals surface area contributed by atoms with Crippen LogP contribution in [0.2, 0.25) is 5.02 Å². The zero-order valence-corrected chi connectivity index (χ0v) is 17.9. The van der Waals surface area contributed by atoms with E-state index in [0.29, 0.717) is 36.2 Å². The second-order valence-electron chi connectivity index (χ2n) is 6.22. The quantitative estimate of drug-likeness (QED) is 0.449. The van der Waals surface area contributed by atoms with Crippen LogP contribution in [-0.4, -0.2) is 38.0 Å². The molecule has 2 aromatic carbocycles. The molecule has 0 saturated heterocycles. The Balaban J connectivity index is 1.93. The number of ether oxygens (including phenoxy) is 2. The molecule has 5 nitrogen and oxygen atoms in total. The molecule has 0 heterocycles. The first kappa shape index (κ1) is 22.0. The van der Waals surface area contributed by atoms with Gasteiger partial charge in [-0.15, -0.1) is 0 Å². The van der Waals surface area contributed by atoms with E-state index in [1.165, 1.54) is 0 Å². The summed E-state index contributed by atoms with van der Waals surface area (Å²) in [4.78, 5) is 0. The summed E-state index contributed by atoms with van der Waals surface area (Å²) in [5.41, 5.74) is 2.00. The lowest BCUT2D eigenvalue weighted by molar-refractivity contribution is 0.191. The summed E-state index contributed by atoms with van der Waals surface area (Å²) in [6.07, 6.45) is -0.330. The molecule has 3 N–H and O–H groups in total. The predicted octanol–water partition coefficient (Wildman–Crippen LogP) is 3.75. The van der Waals surface area contributed by atoms with Crippen LogP contribution in [0.5, 0.6) is 11.5 Å². The third-order valence-corrected chi connectivity index (χ3v) is 4.82. The van der Waals surface area contributed by atoms with Crippen LogP contribution in [-0.2, 0) is 13.2 Å². The van der Waals surface area contributed by atoms with E-state index in [1.807, 2.05) is 36.4 Å². The van der Waals surface area contributed by atoms with Crippen LogP contribution in [0.15, 0.2) is 40.9 Å². The topological polar surface area (TPSA) is 62.8 Å². The summed E-state index contributed by atoms with van der Waals surface area (Å²) >= 11 is 9.76. The van der Waals surface area contributed by atoms with E-state index < -0.39 is 0 Å². The van der Waals surface area contributed by atoms with Gasteiger partial charge >= 0.3 is 0 Å². The number of nitrogens with one attached hydrogen (secondary N) is 2. The first-order valence-corrected chi connectivity index (χ1v) is 10.0. The van der Waals surface area contributed by atoms with Gasteiger partial charge in [-0.3, -0.25) is 0 Å². The Kier molecular flexibility index (Phi) is 9.38. The number of hydrogen-bond acceptors (Lipinski definition) is 5. The molecule has 0 radical (unpaired) electrons. The Morgan fingerprint density at radius 2 is 1.93 bits per heavy atom. The molecular weight excluding hydrogens is 432 g/mol. The molecule has 0 aliphatic rings. The highest BCUT2D eigenvalue weighted by Gasteiger charge is 2.12. The maximum atomic E-state index is 9.21. The van der Waals surface area contributed by atoms with Crippen LogP contribution in [0.25, 0.3) is 0 Å². The second kappa shape index (κ2) is 11.5. The SMILES string of the molecule is COc1cc(CNCCNCC(C)O)cc(Br)c1OCc1ccccc1Cl. The Morgan fingerprint density at radius 3 is 2.63 bits per heavy atom. The largest absolute Gasteiger partial charge is 0.493 e. The van der Waals surface area contributed by atoms with Crippen molar-refractivity contribution in [3.8, 4) is 11.5 Å². The van der Waals surface area contributed by atoms with Crippen LogP contribution in [0.3, 0.4) is 0 Å². The Hall–Kier alpha value is -1.31. The number of hydrogen-bond donors (Lipinski definition) is 3. The van der Waals surface area contributed by atoms with Gasteiger partial charge in [0.05, 0.1) is 17.7 Å². The molecule has 0 aromatic heterocycles. The number of rotatable bonds is 11. The minimum Gasteiger partial charge on any atom is -0.493 e. The maximum Gasteiger partial charge on any atom is 0.175 e. The van der Waals surface area contributed by atoms with Gasteiger partial charge in [0.15, 0.2) is 11.5 Å². The molecule has 1 atom stereocenters. The van der Waals surface area contributed by atoms with Crippen molar-refractivity contribution < 1.29 is 14.6 Å². The molecular formula is C20H26BrClN2O3. The molecule has 27 heavy (non-hydrogen) atoms. The van der Waals surface area contributed by atoms with E-state index in [-0.39, 0.29) is 6.10 Å². The number of halogens is 2. The van der Waals surface area contributed by atoms with E-state index in [1.54, 1.807) is 14.0 Å². The number of aliphatic hydroxyl groups excluding tert-OH is 1. The Labute approximate surface area is 174 Å². The fraction of sp³-hybridized carbons (Fsp3) is 0.400. The summed E-state index contributed by atoms with van der Waals surface area (Å²) in [6, 6.07) is 11.6. The lowest BCUT2D eigenvalue weighted by Gasteiger charge is -2.15. The number of aliphatic hydroxyl groups is 1. The summed E-state index contributed by atoms with van der Waals surface area (Å²) < 4.78 is 12.3. The molecule has 0 aliphatic heterocycles. The lowest BCUT2D eigenvalue weighted by atomic mass is 10.2. The van der Waals surface area contributed by atoms with Crippen molar-refractivity contribution in [1.29, 1.82) is 0 Å². The molecule has 0 aliphatic carbocycles. The van der Waals surface area contributed by atoms with Crippen molar-refractivity contribution in [2.45, 2.75) is 26.2 Å². The summed E-state index contributed by atoms with van der Waals surface area (Å²) in [5.74, 6) is 1.32. The van der Waals surface area contributed by atoms with Crippen LogP contribution < -0.4 is 20.1 Å². The number of methoxy groups -OCH3 is 1. The van der Waals surface area contributed by atoms with Crippen molar-refractivity contribution in [2.75, 3.05) is 26.7 Å². The fourth-order valence-corrected chi connectivity index (χ4v) is 3.30. The Bertz CT molecular complexity index is 728. The van der Waals surface area contributed by atoms with Gasteiger partial charge in [0.1, 0.15) is 6.61 Å². The standard InChI is InChI=1S/C20H26BrClN2O3/c1-14(25)11-23-7-8-24-12-15-9-17(21)20(19(10-15)26-2)27-13-16-5-3-4-6-18(16)22/h3-6,9-10,14,23-25H,7-8,11-13H2,1-2H3. The minimum atomic E-state index is -0.330. The first-order valence-electron chi connectivity index (χ1n) is 8.83. The summed E-state index contributed by atoms with van der Waals surface area (Å²) in [7, 11) is 1.63. The molecule has 1 unspecified atom stereocenters. The smallest absolute Gasteiger partial charge is 0.175 e. The van der Waals surface area contributed by atoms with Crippen molar-refractivity contribution >= 4 is 27.5 Å². The molecule has 0 saturated carbocycles. The van der Waals surface area contributed by atoms with Gasteiger partial charge in [-0.25, -0.2) is 0 Å². The molecule has 7 heteroatoms. The van der Waals surface area contributed by atoms with Gasteiger partial charge in [0, 0.05) is 36.8 Å². The molecule has 0 fully saturated rings. The van der Waals surface area contributed by atoms with E-state index in [2.05, 4.69) is 26.6 Å². The van der Waals surface area contributed by atoms with Gasteiger partial charge in [-0.1, -0.05) is 29.8 Å². The van der Waals surface area contributed by atoms with Crippen LogP contribution in [0.4, 0.5) is 0 Å². The Morgan fingerprint density at radius 1 is 1.19 bits per heavy atom. The number of benzene rings is 2. The van der Waals surface area contributed by atoms with Gasteiger partial charge < -0.3 is 25.2 Å². The van der Waals surface area contributed by atoms with Crippen molar-refractivity contribution in [3.63, 3.8) is 0 Å². The van der Waals surface area contributed by atoms with Gasteiger partial charge in [-0.2, -0.15) is 0 Å². The summed E-state index contributed by atoms with van der Waals surface area (Å²) in [6.45, 7) is 5.02. The average molecular weight is 458 g/mol. The minimum absolute atomic E-state index is 0.330. The van der Waals surface area contributed by atoms with Crippen molar-refractivity contribution in [3.05, 3.63) is 57.0 Å². The summed E-state index contributed by atoms with van der Waals surface area (Å²) in [5, 5.41) is 16.4. The molecule has 2 rings (SSSR count). The second-order valence-corrected chi connectivity index (χ2v) is 7.48. The van der Waals surface area contributed by atoms with Crippen LogP contribution >= 0.6 is 27.5 Å². The van der Waals surface area contributed by atoms with Gasteiger partial charge in [0.2, 0.25) is 0 Å². The molecule has 0 spiro atoms. The predicted molar refractivity (Wildman–Crippen MR) is 113 cm³/mol. The molecule has 0 bridgehead atoms. The van der Waals surface area contributed by atoms with Crippen molar-refractivity contribution in [2.24, 2.45) is 0 Å².